The number of rotatable bonds is 5. The molecular formula is C40H23N7. The maximum Gasteiger partial charge on any atom is 0.166 e. The molecule has 8 rings (SSSR count). The third-order valence-electron chi connectivity index (χ3n) is 8.20. The lowest BCUT2D eigenvalue weighted by Crippen LogP contribution is -2.04. The molecule has 0 amide bonds. The Bertz CT molecular complexity index is 2400. The second-order valence-corrected chi connectivity index (χ2v) is 11.0. The molecule has 0 aliphatic carbocycles. The molecule has 7 nitrogen and oxygen atoms in total. The van der Waals surface area contributed by atoms with Gasteiger partial charge in [-0.1, -0.05) is 72.8 Å². The van der Waals surface area contributed by atoms with E-state index in [2.05, 4.69) is 33.8 Å². The smallest absolute Gasteiger partial charge is 0.166 e. The number of fused-ring (bicyclic) bond motifs is 3. The highest BCUT2D eigenvalue weighted by molar-refractivity contribution is 6.10. The van der Waals surface area contributed by atoms with Crippen LogP contribution in [0.25, 0.3) is 72.8 Å². The van der Waals surface area contributed by atoms with Gasteiger partial charge in [0.05, 0.1) is 40.0 Å². The van der Waals surface area contributed by atoms with Gasteiger partial charge in [-0.2, -0.15) is 10.5 Å². The summed E-state index contributed by atoms with van der Waals surface area (Å²) >= 11 is 0. The van der Waals surface area contributed by atoms with Crippen molar-refractivity contribution in [2.75, 3.05) is 0 Å². The highest BCUT2D eigenvalue weighted by Crippen LogP contribution is 2.38. The zero-order valence-electron chi connectivity index (χ0n) is 24.9. The number of nitriles is 2. The molecule has 47 heavy (non-hydrogen) atoms. The molecule has 5 aromatic carbocycles. The van der Waals surface area contributed by atoms with Gasteiger partial charge in [0, 0.05) is 45.4 Å². The van der Waals surface area contributed by atoms with E-state index in [9.17, 15) is 10.5 Å². The molecule has 0 spiro atoms. The van der Waals surface area contributed by atoms with Gasteiger partial charge in [0.1, 0.15) is 0 Å². The number of pyridine rings is 1. The maximum atomic E-state index is 9.75. The Balaban J connectivity index is 1.47. The van der Waals surface area contributed by atoms with Gasteiger partial charge >= 0.3 is 0 Å². The van der Waals surface area contributed by atoms with Crippen molar-refractivity contribution >= 4 is 21.8 Å². The predicted octanol–water partition coefficient (Wildman–Crippen LogP) is 8.78. The minimum absolute atomic E-state index is 0.516. The van der Waals surface area contributed by atoms with E-state index in [0.29, 0.717) is 28.6 Å². The Morgan fingerprint density at radius 1 is 0.489 bits per heavy atom. The first-order chi connectivity index (χ1) is 23.2. The second kappa shape index (κ2) is 11.5. The van der Waals surface area contributed by atoms with Crippen LogP contribution in [0.5, 0.6) is 0 Å². The topological polar surface area (TPSA) is 104 Å². The fraction of sp³-hybridized carbons (Fsp3) is 0. The van der Waals surface area contributed by atoms with Crippen LogP contribution in [-0.4, -0.2) is 24.5 Å². The number of nitrogens with zero attached hydrogens (tertiary/aromatic N) is 7. The van der Waals surface area contributed by atoms with Crippen LogP contribution in [0, 0.1) is 22.7 Å². The Kier molecular flexibility index (Phi) is 6.76. The molecule has 3 heterocycles. The van der Waals surface area contributed by atoms with Crippen LogP contribution in [0.3, 0.4) is 0 Å². The molecule has 0 aliphatic heterocycles. The van der Waals surface area contributed by atoms with Crippen LogP contribution in [0.15, 0.2) is 140 Å². The summed E-state index contributed by atoms with van der Waals surface area (Å²) in [7, 11) is 0. The largest absolute Gasteiger partial charge is 0.308 e. The Labute approximate surface area is 270 Å². The summed E-state index contributed by atoms with van der Waals surface area (Å²) in [6.07, 6.45) is 3.60. The first-order valence-corrected chi connectivity index (χ1v) is 15.0. The molecule has 3 aromatic heterocycles. The van der Waals surface area contributed by atoms with E-state index >= 15 is 0 Å². The number of aromatic nitrogens is 5. The second-order valence-electron chi connectivity index (χ2n) is 11.0. The van der Waals surface area contributed by atoms with E-state index < -0.39 is 0 Å². The maximum absolute atomic E-state index is 9.75. The zero-order chi connectivity index (χ0) is 31.7. The minimum Gasteiger partial charge on any atom is -0.308 e. The van der Waals surface area contributed by atoms with Crippen LogP contribution in [0.2, 0.25) is 0 Å². The van der Waals surface area contributed by atoms with Crippen molar-refractivity contribution in [3.63, 3.8) is 0 Å². The number of benzene rings is 5. The third-order valence-corrected chi connectivity index (χ3v) is 8.20. The molecule has 0 radical (unpaired) electrons. The molecular weight excluding hydrogens is 578 g/mol. The van der Waals surface area contributed by atoms with Crippen molar-refractivity contribution in [1.29, 1.82) is 10.5 Å². The molecule has 0 fully saturated rings. The molecule has 7 heteroatoms. The molecule has 0 aliphatic rings. The first-order valence-electron chi connectivity index (χ1n) is 15.0. The van der Waals surface area contributed by atoms with Crippen LogP contribution in [-0.2, 0) is 0 Å². The predicted molar refractivity (Wildman–Crippen MR) is 183 cm³/mol. The van der Waals surface area contributed by atoms with Crippen molar-refractivity contribution in [2.24, 2.45) is 0 Å². The van der Waals surface area contributed by atoms with Crippen molar-refractivity contribution in [1.82, 2.24) is 24.5 Å². The fourth-order valence-electron chi connectivity index (χ4n) is 5.97. The Hall–Kier alpha value is -6.96. The van der Waals surface area contributed by atoms with Gasteiger partial charge in [-0.15, -0.1) is 0 Å². The van der Waals surface area contributed by atoms with E-state index in [1.165, 1.54) is 0 Å². The molecule has 0 unspecified atom stereocenters. The Morgan fingerprint density at radius 2 is 1.04 bits per heavy atom. The average molecular weight is 602 g/mol. The summed E-state index contributed by atoms with van der Waals surface area (Å²) in [4.78, 5) is 19.4. The standard InChI is InChI=1S/C40H23N7/c41-23-26-13-17-35-33(20-26)34-21-27(24-42)14-18-36(34)47(35)37-22-30(31-12-7-19-43-25-31)15-16-32(37)40-45-38(28-8-3-1-4-9-28)44-39(46-40)29-10-5-2-6-11-29/h1-22,25H. The first kappa shape index (κ1) is 27.6. The van der Waals surface area contributed by atoms with Gasteiger partial charge in [0.2, 0.25) is 0 Å². The number of hydrogen-bond donors (Lipinski definition) is 0. The summed E-state index contributed by atoms with van der Waals surface area (Å²) in [6, 6.07) is 45.8. The molecule has 0 N–H and O–H groups in total. The lowest BCUT2D eigenvalue weighted by atomic mass is 10.0. The van der Waals surface area contributed by atoms with E-state index in [0.717, 1.165) is 55.3 Å². The highest BCUT2D eigenvalue weighted by Gasteiger charge is 2.21. The molecule has 0 atom stereocenters. The van der Waals surface area contributed by atoms with E-state index in [1.807, 2.05) is 121 Å². The van der Waals surface area contributed by atoms with Gasteiger partial charge in [-0.3, -0.25) is 4.98 Å². The van der Waals surface area contributed by atoms with Crippen molar-refractivity contribution < 1.29 is 0 Å². The van der Waals surface area contributed by atoms with Crippen LogP contribution in [0.4, 0.5) is 0 Å². The Morgan fingerprint density at radius 3 is 1.57 bits per heavy atom. The summed E-state index contributed by atoms with van der Waals surface area (Å²) in [6.45, 7) is 0. The summed E-state index contributed by atoms with van der Waals surface area (Å²) in [5.74, 6) is 1.65. The SMILES string of the molecule is N#Cc1ccc2c(c1)c1cc(C#N)ccc1n2-c1cc(-c2cccnc2)ccc1-c1nc(-c2ccccc2)nc(-c2ccccc2)n1. The molecule has 0 saturated carbocycles. The zero-order valence-corrected chi connectivity index (χ0v) is 24.9. The van der Waals surface area contributed by atoms with Crippen molar-refractivity contribution in [3.05, 3.63) is 151 Å². The van der Waals surface area contributed by atoms with Crippen LogP contribution >= 0.6 is 0 Å². The van der Waals surface area contributed by atoms with Gasteiger partial charge in [0.25, 0.3) is 0 Å². The average Bonchev–Trinajstić information content (AvgIpc) is 3.48. The summed E-state index contributed by atoms with van der Waals surface area (Å²) in [5.41, 5.74) is 8.19. The van der Waals surface area contributed by atoms with Crippen molar-refractivity contribution in [2.45, 2.75) is 0 Å². The lowest BCUT2D eigenvalue weighted by molar-refractivity contribution is 1.06. The van der Waals surface area contributed by atoms with E-state index in [4.69, 9.17) is 15.0 Å². The van der Waals surface area contributed by atoms with Crippen molar-refractivity contribution in [3.8, 4) is 63.1 Å². The third kappa shape index (κ3) is 4.95. The molecule has 218 valence electrons. The normalized spacial score (nSPS) is 10.9. The van der Waals surface area contributed by atoms with Gasteiger partial charge in [0.15, 0.2) is 17.5 Å². The molecule has 0 saturated heterocycles. The van der Waals surface area contributed by atoms with Gasteiger partial charge < -0.3 is 4.57 Å². The molecule has 0 bridgehead atoms. The van der Waals surface area contributed by atoms with E-state index in [1.54, 1.807) is 6.20 Å². The fourth-order valence-corrected chi connectivity index (χ4v) is 5.97. The molecule has 8 aromatic rings. The number of hydrogen-bond acceptors (Lipinski definition) is 6. The van der Waals surface area contributed by atoms with E-state index in [-0.39, 0.29) is 0 Å². The minimum atomic E-state index is 0.516. The van der Waals surface area contributed by atoms with Crippen LogP contribution < -0.4 is 0 Å². The monoisotopic (exact) mass is 601 g/mol. The highest BCUT2D eigenvalue weighted by atomic mass is 15.1. The van der Waals surface area contributed by atoms with Gasteiger partial charge in [-0.25, -0.2) is 15.0 Å². The lowest BCUT2D eigenvalue weighted by Gasteiger charge is -2.16. The van der Waals surface area contributed by atoms with Gasteiger partial charge in [-0.05, 0) is 60.2 Å². The summed E-state index contributed by atoms with van der Waals surface area (Å²) in [5, 5.41) is 21.3. The quantitative estimate of drug-likeness (QED) is 0.195. The van der Waals surface area contributed by atoms with Crippen LogP contribution in [0.1, 0.15) is 11.1 Å². The summed E-state index contributed by atoms with van der Waals surface area (Å²) < 4.78 is 2.16.